The van der Waals surface area contributed by atoms with E-state index >= 15 is 0 Å². The minimum absolute atomic E-state index is 0.0864. The normalized spacial score (nSPS) is 23.0. The lowest BCUT2D eigenvalue weighted by Crippen LogP contribution is -2.35. The lowest BCUT2D eigenvalue weighted by atomic mass is 9.69. The van der Waals surface area contributed by atoms with Gasteiger partial charge in [-0.3, -0.25) is 19.3 Å². The maximum atomic E-state index is 13.7. The summed E-state index contributed by atoms with van der Waals surface area (Å²) in [6.07, 6.45) is 7.60. The molecule has 8 nitrogen and oxygen atoms in total. The van der Waals surface area contributed by atoms with Crippen molar-refractivity contribution < 1.29 is 34.1 Å². The van der Waals surface area contributed by atoms with Crippen LogP contribution in [0.3, 0.4) is 0 Å². The predicted molar refractivity (Wildman–Crippen MR) is 172 cm³/mol. The SMILES string of the molecule is CCC/C(=C\c1ccc(O)cc1Cl)CC[C@H]1OC[C@H]2C1=C(COc1ccccc1)C[C@H]1C(=O)N(CCCCCC(=O)O)C(=O)[C@H]12. The van der Waals surface area contributed by atoms with Crippen molar-refractivity contribution in [1.29, 1.82) is 0 Å². The van der Waals surface area contributed by atoms with Crippen LogP contribution in [0.2, 0.25) is 5.02 Å². The van der Waals surface area contributed by atoms with Crippen molar-refractivity contribution in [3.63, 3.8) is 0 Å². The van der Waals surface area contributed by atoms with Gasteiger partial charge < -0.3 is 19.7 Å². The molecule has 2 amide bonds. The van der Waals surface area contributed by atoms with Gasteiger partial charge in [0.25, 0.3) is 0 Å². The van der Waals surface area contributed by atoms with Crippen LogP contribution >= 0.6 is 11.6 Å². The second-order valence-corrected chi connectivity index (χ2v) is 12.7. The van der Waals surface area contributed by atoms with Gasteiger partial charge >= 0.3 is 5.97 Å². The Morgan fingerprint density at radius 2 is 1.84 bits per heavy atom. The molecule has 2 heterocycles. The Bertz CT molecular complexity index is 1450. The number of rotatable bonds is 15. The van der Waals surface area contributed by atoms with Crippen LogP contribution in [0.5, 0.6) is 11.5 Å². The minimum atomic E-state index is -0.838. The van der Waals surface area contributed by atoms with Gasteiger partial charge in [-0.15, -0.1) is 0 Å². The number of phenolic OH excluding ortho intramolecular Hbond substituents is 1. The van der Waals surface area contributed by atoms with Crippen LogP contribution < -0.4 is 4.74 Å². The Labute approximate surface area is 269 Å². The summed E-state index contributed by atoms with van der Waals surface area (Å²) >= 11 is 6.41. The highest BCUT2D eigenvalue weighted by Crippen LogP contribution is 2.50. The summed E-state index contributed by atoms with van der Waals surface area (Å²) in [6.45, 7) is 3.17. The average Bonchev–Trinajstić information content (AvgIpc) is 3.54. The number of unbranched alkanes of at least 4 members (excludes halogenated alkanes) is 2. The molecule has 2 aliphatic heterocycles. The summed E-state index contributed by atoms with van der Waals surface area (Å²) in [4.78, 5) is 39.6. The second-order valence-electron chi connectivity index (χ2n) is 12.3. The number of fused-ring (bicyclic) bond motifs is 3. The minimum Gasteiger partial charge on any atom is -0.508 e. The van der Waals surface area contributed by atoms with E-state index in [2.05, 4.69) is 13.0 Å². The number of ether oxygens (including phenoxy) is 2. The molecule has 0 spiro atoms. The van der Waals surface area contributed by atoms with Gasteiger partial charge in [0, 0.05) is 18.9 Å². The van der Waals surface area contributed by atoms with Crippen LogP contribution in [-0.4, -0.2) is 58.8 Å². The van der Waals surface area contributed by atoms with Crippen molar-refractivity contribution in [3.8, 4) is 11.5 Å². The molecule has 2 fully saturated rings. The number of para-hydroxylation sites is 1. The van der Waals surface area contributed by atoms with Crippen LogP contribution in [0, 0.1) is 17.8 Å². The van der Waals surface area contributed by atoms with Crippen molar-refractivity contribution in [2.24, 2.45) is 17.8 Å². The van der Waals surface area contributed by atoms with Gasteiger partial charge in [-0.2, -0.15) is 0 Å². The number of carbonyl (C=O) groups excluding carboxylic acids is 2. The molecule has 45 heavy (non-hydrogen) atoms. The number of amides is 2. The Balaban J connectivity index is 1.35. The third kappa shape index (κ3) is 7.79. The number of nitrogens with zero attached hydrogens (tertiary/aromatic N) is 1. The van der Waals surface area contributed by atoms with Gasteiger partial charge in [0.15, 0.2) is 0 Å². The van der Waals surface area contributed by atoms with Crippen LogP contribution in [-0.2, 0) is 19.1 Å². The van der Waals surface area contributed by atoms with E-state index in [0.717, 1.165) is 48.1 Å². The fourth-order valence-corrected chi connectivity index (χ4v) is 7.29. The summed E-state index contributed by atoms with van der Waals surface area (Å²) in [5.41, 5.74) is 4.24. The van der Waals surface area contributed by atoms with E-state index in [1.165, 1.54) is 10.5 Å². The first-order valence-electron chi connectivity index (χ1n) is 16.0. The summed E-state index contributed by atoms with van der Waals surface area (Å²) in [6, 6.07) is 14.6. The van der Waals surface area contributed by atoms with Crippen LogP contribution in [0.15, 0.2) is 65.3 Å². The molecule has 0 bridgehead atoms. The Kier molecular flexibility index (Phi) is 11.0. The standard InChI is InChI=1S/C36H42ClNO7/c1-2-9-23(18-24-14-15-26(39)20-30(24)37)13-16-31-33-25(21-44-27-10-5-3-6-11-27)19-28-34(29(33)22-45-31)36(43)38(35(28)42)17-8-4-7-12-32(40)41/h3,5-6,10-11,14-15,18,20,28-29,31,34,39H,2,4,7-9,12-13,16-17,19,21-22H2,1H3,(H,40,41)/b23-18+/t28-,29+,31-,34-/m1/s1. The molecule has 0 saturated carbocycles. The fourth-order valence-electron chi connectivity index (χ4n) is 7.06. The number of imide groups is 1. The molecule has 1 aliphatic carbocycles. The molecule has 2 saturated heterocycles. The molecule has 2 aromatic rings. The number of carboxylic acid groups (broad SMARTS) is 1. The number of aromatic hydroxyl groups is 1. The van der Waals surface area contributed by atoms with Gasteiger partial charge in [0.2, 0.25) is 11.8 Å². The van der Waals surface area contributed by atoms with Crippen molar-refractivity contribution in [2.75, 3.05) is 19.8 Å². The summed E-state index contributed by atoms with van der Waals surface area (Å²) < 4.78 is 12.6. The van der Waals surface area contributed by atoms with Gasteiger partial charge in [-0.25, -0.2) is 0 Å². The number of allylic oxidation sites excluding steroid dienone is 1. The molecular formula is C36H42ClNO7. The predicted octanol–water partition coefficient (Wildman–Crippen LogP) is 7.05. The number of aliphatic carboxylic acids is 1. The number of benzene rings is 2. The molecule has 240 valence electrons. The van der Waals surface area contributed by atoms with Gasteiger partial charge in [-0.05, 0) is 85.6 Å². The zero-order valence-electron chi connectivity index (χ0n) is 25.8. The third-order valence-electron chi connectivity index (χ3n) is 9.17. The smallest absolute Gasteiger partial charge is 0.303 e. The molecular weight excluding hydrogens is 594 g/mol. The third-order valence-corrected chi connectivity index (χ3v) is 9.50. The van der Waals surface area contributed by atoms with E-state index in [1.807, 2.05) is 36.4 Å². The second kappa shape index (κ2) is 15.1. The Hall–Kier alpha value is -3.62. The zero-order chi connectivity index (χ0) is 31.9. The van der Waals surface area contributed by atoms with Crippen molar-refractivity contribution in [1.82, 2.24) is 4.90 Å². The molecule has 4 atom stereocenters. The van der Waals surface area contributed by atoms with E-state index in [9.17, 15) is 19.5 Å². The van der Waals surface area contributed by atoms with Crippen LogP contribution in [0.25, 0.3) is 6.08 Å². The number of hydrogen-bond acceptors (Lipinski definition) is 6. The highest BCUT2D eigenvalue weighted by atomic mass is 35.5. The number of carbonyl (C=O) groups is 3. The Morgan fingerprint density at radius 1 is 1.04 bits per heavy atom. The average molecular weight is 636 g/mol. The van der Waals surface area contributed by atoms with Crippen LogP contribution in [0.1, 0.15) is 70.3 Å². The first-order valence-corrected chi connectivity index (χ1v) is 16.4. The lowest BCUT2D eigenvalue weighted by Gasteiger charge is -2.32. The molecule has 0 aromatic heterocycles. The first kappa shape index (κ1) is 32.8. The largest absolute Gasteiger partial charge is 0.508 e. The molecule has 5 rings (SSSR count). The molecule has 2 N–H and O–H groups in total. The number of halogens is 1. The van der Waals surface area contributed by atoms with Crippen molar-refractivity contribution in [3.05, 3.63) is 75.8 Å². The summed E-state index contributed by atoms with van der Waals surface area (Å²) in [5.74, 6) is -1.29. The van der Waals surface area contributed by atoms with Gasteiger partial charge in [0.1, 0.15) is 18.1 Å². The van der Waals surface area contributed by atoms with E-state index in [1.54, 1.807) is 12.1 Å². The number of phenols is 1. The maximum Gasteiger partial charge on any atom is 0.303 e. The molecule has 0 unspecified atom stereocenters. The van der Waals surface area contributed by atoms with Crippen molar-refractivity contribution in [2.45, 2.75) is 70.8 Å². The molecule has 0 radical (unpaired) electrons. The molecule has 2 aromatic carbocycles. The molecule has 3 aliphatic rings. The van der Waals surface area contributed by atoms with E-state index in [0.29, 0.717) is 50.5 Å². The lowest BCUT2D eigenvalue weighted by molar-refractivity contribution is -0.141. The first-order chi connectivity index (χ1) is 21.8. The number of hydrogen-bond donors (Lipinski definition) is 2. The highest BCUT2D eigenvalue weighted by Gasteiger charge is 2.56. The fraction of sp³-hybridized carbons (Fsp3) is 0.472. The summed E-state index contributed by atoms with van der Waals surface area (Å²) in [5, 5.41) is 19.2. The van der Waals surface area contributed by atoms with Crippen molar-refractivity contribution >= 4 is 35.5 Å². The quantitative estimate of drug-likeness (QED) is 0.122. The molecule has 9 heteroatoms. The van der Waals surface area contributed by atoms with Gasteiger partial charge in [0.05, 0.1) is 29.6 Å². The van der Waals surface area contributed by atoms with E-state index in [-0.39, 0.29) is 36.0 Å². The van der Waals surface area contributed by atoms with Crippen LogP contribution in [0.4, 0.5) is 0 Å². The van der Waals surface area contributed by atoms with Gasteiger partial charge in [-0.1, -0.05) is 61.2 Å². The zero-order valence-corrected chi connectivity index (χ0v) is 26.5. The number of carboxylic acids is 1. The van der Waals surface area contributed by atoms with E-state index in [4.69, 9.17) is 26.2 Å². The Morgan fingerprint density at radius 3 is 2.58 bits per heavy atom. The highest BCUT2D eigenvalue weighted by molar-refractivity contribution is 6.32. The summed E-state index contributed by atoms with van der Waals surface area (Å²) in [7, 11) is 0. The van der Waals surface area contributed by atoms with E-state index < -0.39 is 17.8 Å². The number of likely N-dealkylation sites (tertiary alicyclic amines) is 1. The topological polar surface area (TPSA) is 113 Å². The monoisotopic (exact) mass is 635 g/mol. The maximum absolute atomic E-state index is 13.7.